The van der Waals surface area contributed by atoms with Crippen LogP contribution in [0, 0.1) is 5.41 Å². The van der Waals surface area contributed by atoms with E-state index >= 15 is 0 Å². The molecule has 0 spiro atoms. The Morgan fingerprint density at radius 2 is 2.38 bits per heavy atom. The van der Waals surface area contributed by atoms with E-state index in [9.17, 15) is 4.79 Å². The molecule has 0 aliphatic heterocycles. The maximum atomic E-state index is 10.9. The highest BCUT2D eigenvalue weighted by Crippen LogP contribution is 2.42. The average Bonchev–Trinajstić information content (AvgIpc) is 2.44. The molecule has 1 heterocycles. The monoisotopic (exact) mass is 242 g/mol. The highest BCUT2D eigenvalue weighted by atomic mass is 79.9. The number of furan rings is 1. The van der Waals surface area contributed by atoms with Crippen LogP contribution in [0.4, 0.5) is 0 Å². The zero-order chi connectivity index (χ0) is 9.31. The molecule has 1 aliphatic carbocycles. The molecule has 2 nitrogen and oxygen atoms in total. The van der Waals surface area contributed by atoms with Crippen LogP contribution in [-0.2, 0) is 11.2 Å². The molecule has 13 heavy (non-hydrogen) atoms. The van der Waals surface area contributed by atoms with E-state index in [1.807, 2.05) is 6.07 Å². The Hall–Kier alpha value is -0.570. The van der Waals surface area contributed by atoms with E-state index in [2.05, 4.69) is 15.9 Å². The van der Waals surface area contributed by atoms with Gasteiger partial charge in [-0.3, -0.25) is 0 Å². The van der Waals surface area contributed by atoms with Gasteiger partial charge in [-0.2, -0.15) is 0 Å². The van der Waals surface area contributed by atoms with Gasteiger partial charge in [0.25, 0.3) is 0 Å². The average molecular weight is 243 g/mol. The lowest BCUT2D eigenvalue weighted by atomic mass is 9.67. The predicted molar refractivity (Wildman–Crippen MR) is 52.5 cm³/mol. The fourth-order valence-electron chi connectivity index (χ4n) is 1.81. The van der Waals surface area contributed by atoms with Crippen molar-refractivity contribution in [3.05, 3.63) is 22.6 Å². The lowest BCUT2D eigenvalue weighted by Crippen LogP contribution is -2.33. The quantitative estimate of drug-likeness (QED) is 0.764. The van der Waals surface area contributed by atoms with Crippen molar-refractivity contribution in [2.75, 3.05) is 0 Å². The van der Waals surface area contributed by atoms with Gasteiger partial charge in [0.05, 0.1) is 6.26 Å². The van der Waals surface area contributed by atoms with Crippen LogP contribution in [0.2, 0.25) is 0 Å². The SMILES string of the molecule is O=CC1(Cc2coc(Br)c2)CCC1. The molecule has 0 amide bonds. The van der Waals surface area contributed by atoms with E-state index in [0.717, 1.165) is 35.8 Å². The summed E-state index contributed by atoms with van der Waals surface area (Å²) < 4.78 is 5.86. The second kappa shape index (κ2) is 3.29. The van der Waals surface area contributed by atoms with Gasteiger partial charge in [-0.15, -0.1) is 0 Å². The summed E-state index contributed by atoms with van der Waals surface area (Å²) in [5.74, 6) is 0. The molecule has 1 aliphatic rings. The van der Waals surface area contributed by atoms with Crippen LogP contribution >= 0.6 is 15.9 Å². The lowest BCUT2D eigenvalue weighted by molar-refractivity contribution is -0.120. The Kier molecular flexibility index (Phi) is 2.28. The molecule has 0 N–H and O–H groups in total. The Bertz CT molecular complexity index is 312. The van der Waals surface area contributed by atoms with E-state index in [-0.39, 0.29) is 5.41 Å². The van der Waals surface area contributed by atoms with Crippen molar-refractivity contribution < 1.29 is 9.21 Å². The first kappa shape index (κ1) is 9.00. The van der Waals surface area contributed by atoms with Crippen molar-refractivity contribution in [3.8, 4) is 0 Å². The molecule has 1 aromatic rings. The molecular formula is C10H11BrO2. The van der Waals surface area contributed by atoms with E-state index in [4.69, 9.17) is 4.42 Å². The Morgan fingerprint density at radius 3 is 2.77 bits per heavy atom. The molecule has 0 atom stereocenters. The van der Waals surface area contributed by atoms with Crippen LogP contribution in [-0.4, -0.2) is 6.29 Å². The fraction of sp³-hybridized carbons (Fsp3) is 0.500. The molecule has 2 rings (SSSR count). The maximum Gasteiger partial charge on any atom is 0.169 e. The molecule has 70 valence electrons. The van der Waals surface area contributed by atoms with Gasteiger partial charge >= 0.3 is 0 Å². The summed E-state index contributed by atoms with van der Waals surface area (Å²) in [5.41, 5.74) is 1.03. The molecule has 0 radical (unpaired) electrons. The van der Waals surface area contributed by atoms with Crippen molar-refractivity contribution in [3.63, 3.8) is 0 Å². The minimum atomic E-state index is -0.0800. The smallest absolute Gasteiger partial charge is 0.169 e. The molecule has 0 saturated heterocycles. The first-order valence-electron chi connectivity index (χ1n) is 4.43. The zero-order valence-corrected chi connectivity index (χ0v) is 8.84. The van der Waals surface area contributed by atoms with Crippen LogP contribution in [0.25, 0.3) is 0 Å². The van der Waals surface area contributed by atoms with E-state index in [0.29, 0.717) is 0 Å². The molecule has 1 fully saturated rings. The van der Waals surface area contributed by atoms with Gasteiger partial charge in [-0.1, -0.05) is 6.42 Å². The third-order valence-electron chi connectivity index (χ3n) is 2.78. The molecule has 3 heteroatoms. The number of carbonyl (C=O) groups excluding carboxylic acids is 1. The summed E-state index contributed by atoms with van der Waals surface area (Å²) in [7, 11) is 0. The first-order valence-corrected chi connectivity index (χ1v) is 5.23. The summed E-state index contributed by atoms with van der Waals surface area (Å²) in [6.07, 6.45) is 6.88. The minimum absolute atomic E-state index is 0.0800. The summed E-state index contributed by atoms with van der Waals surface area (Å²) in [6.45, 7) is 0. The van der Waals surface area contributed by atoms with Crippen molar-refractivity contribution in [2.45, 2.75) is 25.7 Å². The third kappa shape index (κ3) is 1.70. The highest BCUT2D eigenvalue weighted by Gasteiger charge is 2.36. The number of hydrogen-bond donors (Lipinski definition) is 0. The maximum absolute atomic E-state index is 10.9. The fourth-order valence-corrected chi connectivity index (χ4v) is 2.20. The number of rotatable bonds is 3. The summed E-state index contributed by atoms with van der Waals surface area (Å²) in [5, 5.41) is 0. The summed E-state index contributed by atoms with van der Waals surface area (Å²) in [4.78, 5) is 10.9. The highest BCUT2D eigenvalue weighted by molar-refractivity contribution is 9.10. The number of aldehydes is 1. The van der Waals surface area contributed by atoms with Gasteiger partial charge in [0, 0.05) is 5.41 Å². The van der Waals surface area contributed by atoms with Crippen molar-refractivity contribution in [2.24, 2.45) is 5.41 Å². The number of hydrogen-bond acceptors (Lipinski definition) is 2. The topological polar surface area (TPSA) is 30.2 Å². The summed E-state index contributed by atoms with van der Waals surface area (Å²) in [6, 6.07) is 1.93. The molecule has 1 aromatic heterocycles. The third-order valence-corrected chi connectivity index (χ3v) is 3.19. The molecule has 0 aromatic carbocycles. The Labute approximate surface area is 85.4 Å². The van der Waals surface area contributed by atoms with Gasteiger partial charge in [0.2, 0.25) is 0 Å². The molecule has 0 bridgehead atoms. The van der Waals surface area contributed by atoms with E-state index in [1.165, 1.54) is 6.42 Å². The van der Waals surface area contributed by atoms with Gasteiger partial charge in [-0.25, -0.2) is 0 Å². The Morgan fingerprint density at radius 1 is 1.62 bits per heavy atom. The summed E-state index contributed by atoms with van der Waals surface area (Å²) >= 11 is 3.25. The molecular weight excluding hydrogens is 232 g/mol. The van der Waals surface area contributed by atoms with Crippen molar-refractivity contribution in [1.29, 1.82) is 0 Å². The van der Waals surface area contributed by atoms with E-state index < -0.39 is 0 Å². The minimum Gasteiger partial charge on any atom is -0.457 e. The van der Waals surface area contributed by atoms with E-state index in [1.54, 1.807) is 6.26 Å². The number of carbonyl (C=O) groups is 1. The first-order chi connectivity index (χ1) is 6.24. The van der Waals surface area contributed by atoms with Crippen molar-refractivity contribution in [1.82, 2.24) is 0 Å². The number of halogens is 1. The predicted octanol–water partition coefficient (Wildman–Crippen LogP) is 2.95. The molecule has 1 saturated carbocycles. The molecule has 0 unspecified atom stereocenters. The Balaban J connectivity index is 2.08. The van der Waals surface area contributed by atoms with Gasteiger partial charge < -0.3 is 9.21 Å². The van der Waals surface area contributed by atoms with Crippen molar-refractivity contribution >= 4 is 22.2 Å². The van der Waals surface area contributed by atoms with Gasteiger partial charge in [0.1, 0.15) is 6.29 Å². The van der Waals surface area contributed by atoms with Crippen LogP contribution < -0.4 is 0 Å². The zero-order valence-electron chi connectivity index (χ0n) is 7.25. The van der Waals surface area contributed by atoms with Crippen LogP contribution in [0.3, 0.4) is 0 Å². The lowest BCUT2D eigenvalue weighted by Gasteiger charge is -2.36. The normalized spacial score (nSPS) is 19.5. The second-order valence-electron chi connectivity index (χ2n) is 3.77. The van der Waals surface area contributed by atoms with Gasteiger partial charge in [-0.05, 0) is 46.8 Å². The van der Waals surface area contributed by atoms with Gasteiger partial charge in [0.15, 0.2) is 4.67 Å². The largest absolute Gasteiger partial charge is 0.457 e. The van der Waals surface area contributed by atoms with Crippen LogP contribution in [0.15, 0.2) is 21.4 Å². The standard InChI is InChI=1S/C10H11BrO2/c11-9-4-8(6-13-9)5-10(7-12)2-1-3-10/h4,6-7H,1-3,5H2. The van der Waals surface area contributed by atoms with Crippen LogP contribution in [0.1, 0.15) is 24.8 Å². The second-order valence-corrected chi connectivity index (χ2v) is 4.55. The van der Waals surface area contributed by atoms with Crippen LogP contribution in [0.5, 0.6) is 0 Å².